The molecule has 0 N–H and O–H groups in total. The van der Waals surface area contributed by atoms with E-state index in [9.17, 15) is 4.79 Å². The number of nitrogens with zero attached hydrogens (tertiary/aromatic N) is 1. The Balaban J connectivity index is 1.67. The number of benzene rings is 2. The van der Waals surface area contributed by atoms with Crippen molar-refractivity contribution in [1.82, 2.24) is 0 Å². The van der Waals surface area contributed by atoms with E-state index in [0.29, 0.717) is 18.9 Å². The van der Waals surface area contributed by atoms with Crippen molar-refractivity contribution in [1.29, 1.82) is 0 Å². The van der Waals surface area contributed by atoms with Gasteiger partial charge in [0, 0.05) is 43.5 Å². The summed E-state index contributed by atoms with van der Waals surface area (Å²) in [6.45, 7) is 2.87. The molecule has 0 aromatic heterocycles. The Morgan fingerprint density at radius 1 is 1.07 bits per heavy atom. The third-order valence-corrected chi connectivity index (χ3v) is 5.61. The van der Waals surface area contributed by atoms with Crippen LogP contribution in [0.5, 0.6) is 11.5 Å². The Bertz CT molecular complexity index is 829. The van der Waals surface area contributed by atoms with Gasteiger partial charge in [0.2, 0.25) is 5.91 Å². The van der Waals surface area contributed by atoms with E-state index < -0.39 is 0 Å². The van der Waals surface area contributed by atoms with E-state index in [1.54, 1.807) is 7.11 Å². The molecule has 0 saturated carbocycles. The molecule has 0 unspecified atom stereocenters. The zero-order valence-electron chi connectivity index (χ0n) is 16.4. The Labute approximate surface area is 166 Å². The lowest BCUT2D eigenvalue weighted by atomic mass is 9.97. The molecule has 2 aliphatic rings. The highest BCUT2D eigenvalue weighted by Crippen LogP contribution is 2.30. The molecule has 4 rings (SSSR count). The maximum atomic E-state index is 13.4. The first-order valence-electron chi connectivity index (χ1n) is 10.0. The van der Waals surface area contributed by atoms with Gasteiger partial charge < -0.3 is 19.1 Å². The van der Waals surface area contributed by atoms with Gasteiger partial charge in [-0.15, -0.1) is 0 Å². The minimum absolute atomic E-state index is 0.107. The lowest BCUT2D eigenvalue weighted by molar-refractivity contribution is -0.118. The summed E-state index contributed by atoms with van der Waals surface area (Å²) in [5.74, 6) is 2.05. The third-order valence-electron chi connectivity index (χ3n) is 5.61. The van der Waals surface area contributed by atoms with Gasteiger partial charge in [0.15, 0.2) is 0 Å². The molecule has 0 bridgehead atoms. The summed E-state index contributed by atoms with van der Waals surface area (Å²) in [4.78, 5) is 15.4. The number of hydrogen-bond donors (Lipinski definition) is 0. The first-order valence-corrected chi connectivity index (χ1v) is 10.0. The number of carbonyl (C=O) groups is 1. The average molecular weight is 381 g/mol. The van der Waals surface area contributed by atoms with E-state index in [2.05, 4.69) is 12.1 Å². The molecule has 2 aromatic carbocycles. The topological polar surface area (TPSA) is 48.0 Å². The Morgan fingerprint density at radius 2 is 1.89 bits per heavy atom. The SMILES string of the molecule is COc1ccc2c(c1)OCCc1ccccc1N(CC1CCOCC1)C(=O)C2. The fourth-order valence-corrected chi connectivity index (χ4v) is 3.98. The zero-order chi connectivity index (χ0) is 19.3. The smallest absolute Gasteiger partial charge is 0.231 e. The molecule has 2 aromatic rings. The van der Waals surface area contributed by atoms with Gasteiger partial charge in [-0.3, -0.25) is 4.79 Å². The Morgan fingerprint density at radius 3 is 2.71 bits per heavy atom. The lowest BCUT2D eigenvalue weighted by Crippen LogP contribution is -2.39. The van der Waals surface area contributed by atoms with Crippen molar-refractivity contribution < 1.29 is 19.0 Å². The van der Waals surface area contributed by atoms with Crippen LogP contribution in [-0.2, 0) is 22.4 Å². The predicted molar refractivity (Wildman–Crippen MR) is 108 cm³/mol. The first kappa shape index (κ1) is 18.8. The Hall–Kier alpha value is -2.53. The fraction of sp³-hybridized carbons (Fsp3) is 0.435. The third kappa shape index (κ3) is 4.14. The standard InChI is InChI=1S/C23H27NO4/c1-26-20-7-6-19-14-23(25)24(16-17-8-11-27-12-9-17)21-5-3-2-4-18(21)10-13-28-22(19)15-20/h2-7,15,17H,8-14,16H2,1H3. The molecular formula is C23H27NO4. The second-order valence-corrected chi connectivity index (χ2v) is 7.44. The summed E-state index contributed by atoms with van der Waals surface area (Å²) in [5, 5.41) is 0. The van der Waals surface area contributed by atoms with Crippen molar-refractivity contribution in [2.24, 2.45) is 5.92 Å². The van der Waals surface area contributed by atoms with Crippen LogP contribution >= 0.6 is 0 Å². The molecule has 1 amide bonds. The second-order valence-electron chi connectivity index (χ2n) is 7.44. The molecule has 2 aliphatic heterocycles. The van der Waals surface area contributed by atoms with Gasteiger partial charge in [-0.2, -0.15) is 0 Å². The van der Waals surface area contributed by atoms with Crippen molar-refractivity contribution >= 4 is 11.6 Å². The van der Waals surface area contributed by atoms with E-state index >= 15 is 0 Å². The van der Waals surface area contributed by atoms with Gasteiger partial charge >= 0.3 is 0 Å². The van der Waals surface area contributed by atoms with Crippen molar-refractivity contribution in [2.45, 2.75) is 25.7 Å². The minimum Gasteiger partial charge on any atom is -0.497 e. The summed E-state index contributed by atoms with van der Waals surface area (Å²) < 4.78 is 16.9. The van der Waals surface area contributed by atoms with Crippen LogP contribution in [-0.4, -0.2) is 39.4 Å². The van der Waals surface area contributed by atoms with Crippen LogP contribution in [0.2, 0.25) is 0 Å². The second kappa shape index (κ2) is 8.65. The van der Waals surface area contributed by atoms with Crippen LogP contribution < -0.4 is 14.4 Å². The average Bonchev–Trinajstić information content (AvgIpc) is 2.74. The number of para-hydroxylation sites is 1. The molecule has 0 aliphatic carbocycles. The van der Waals surface area contributed by atoms with Crippen LogP contribution in [0.25, 0.3) is 0 Å². The van der Waals surface area contributed by atoms with Crippen molar-refractivity contribution in [2.75, 3.05) is 38.4 Å². The molecule has 1 saturated heterocycles. The monoisotopic (exact) mass is 381 g/mol. The van der Waals surface area contributed by atoms with Gasteiger partial charge in [-0.05, 0) is 36.5 Å². The molecule has 28 heavy (non-hydrogen) atoms. The van der Waals surface area contributed by atoms with E-state index in [1.165, 1.54) is 0 Å². The molecule has 5 heteroatoms. The predicted octanol–water partition coefficient (Wildman–Crippen LogP) is 3.63. The number of rotatable bonds is 3. The largest absolute Gasteiger partial charge is 0.497 e. The van der Waals surface area contributed by atoms with Crippen LogP contribution in [0, 0.1) is 5.92 Å². The molecular weight excluding hydrogens is 354 g/mol. The molecule has 2 heterocycles. The first-order chi connectivity index (χ1) is 13.7. The highest BCUT2D eigenvalue weighted by molar-refractivity contribution is 5.96. The van der Waals surface area contributed by atoms with E-state index in [4.69, 9.17) is 14.2 Å². The minimum atomic E-state index is 0.107. The fourth-order valence-electron chi connectivity index (χ4n) is 3.98. The molecule has 1 fully saturated rings. The number of fused-ring (bicyclic) bond motifs is 2. The molecule has 148 valence electrons. The van der Waals surface area contributed by atoms with Crippen molar-refractivity contribution in [3.05, 3.63) is 53.6 Å². The van der Waals surface area contributed by atoms with Crippen LogP contribution in [0.3, 0.4) is 0 Å². The lowest BCUT2D eigenvalue weighted by Gasteiger charge is -2.32. The zero-order valence-corrected chi connectivity index (χ0v) is 16.4. The number of anilines is 1. The molecule has 5 nitrogen and oxygen atoms in total. The maximum Gasteiger partial charge on any atom is 0.231 e. The number of methoxy groups -OCH3 is 1. The van der Waals surface area contributed by atoms with Crippen molar-refractivity contribution in [3.63, 3.8) is 0 Å². The quantitative estimate of drug-likeness (QED) is 0.815. The number of hydrogen-bond acceptors (Lipinski definition) is 4. The summed E-state index contributed by atoms with van der Waals surface area (Å²) in [7, 11) is 1.64. The van der Waals surface area contributed by atoms with E-state index in [-0.39, 0.29) is 5.91 Å². The summed E-state index contributed by atoms with van der Waals surface area (Å²) >= 11 is 0. The van der Waals surface area contributed by atoms with Gasteiger partial charge in [0.25, 0.3) is 0 Å². The van der Waals surface area contributed by atoms with Gasteiger partial charge in [-0.1, -0.05) is 24.3 Å². The molecule has 0 spiro atoms. The summed E-state index contributed by atoms with van der Waals surface area (Å²) in [6, 6.07) is 13.9. The highest BCUT2D eigenvalue weighted by Gasteiger charge is 2.26. The summed E-state index contributed by atoms with van der Waals surface area (Å²) in [5.41, 5.74) is 3.07. The maximum absolute atomic E-state index is 13.4. The van der Waals surface area contributed by atoms with Gasteiger partial charge in [-0.25, -0.2) is 0 Å². The van der Waals surface area contributed by atoms with Gasteiger partial charge in [0.05, 0.1) is 20.1 Å². The van der Waals surface area contributed by atoms with Crippen LogP contribution in [0.4, 0.5) is 5.69 Å². The van der Waals surface area contributed by atoms with E-state index in [1.807, 2.05) is 35.2 Å². The van der Waals surface area contributed by atoms with Crippen LogP contribution in [0.15, 0.2) is 42.5 Å². The Kier molecular flexibility index (Phi) is 5.81. The number of amides is 1. The molecule has 0 atom stereocenters. The number of ether oxygens (including phenoxy) is 3. The van der Waals surface area contributed by atoms with Crippen molar-refractivity contribution in [3.8, 4) is 11.5 Å². The summed E-state index contributed by atoms with van der Waals surface area (Å²) in [6.07, 6.45) is 3.08. The van der Waals surface area contributed by atoms with E-state index in [0.717, 1.165) is 67.3 Å². The molecule has 0 radical (unpaired) electrons. The highest BCUT2D eigenvalue weighted by atomic mass is 16.5. The normalized spacial score (nSPS) is 18.0. The van der Waals surface area contributed by atoms with Crippen LogP contribution in [0.1, 0.15) is 24.0 Å². The van der Waals surface area contributed by atoms with Gasteiger partial charge in [0.1, 0.15) is 11.5 Å². The number of carbonyl (C=O) groups excluding carboxylic acids is 1.